The normalized spacial score (nSPS) is 10.3. The standard InChI is InChI=1S/C14H14Cl2N2O/c1-18(12-5-3-4-6-13(12)19-2)14-7-10(8-15)11(16)9-17-14/h3-7,9H,8H2,1-2H3. The van der Waals surface area contributed by atoms with Gasteiger partial charge >= 0.3 is 0 Å². The molecule has 0 atom stereocenters. The van der Waals surface area contributed by atoms with Crippen molar-refractivity contribution in [2.45, 2.75) is 5.88 Å². The van der Waals surface area contributed by atoms with Gasteiger partial charge in [-0.2, -0.15) is 0 Å². The van der Waals surface area contributed by atoms with Crippen LogP contribution in [0.4, 0.5) is 11.5 Å². The third kappa shape index (κ3) is 2.94. The smallest absolute Gasteiger partial charge is 0.142 e. The Hall–Kier alpha value is -1.45. The van der Waals surface area contributed by atoms with Crippen molar-refractivity contribution >= 4 is 34.7 Å². The average molecular weight is 297 g/mol. The van der Waals surface area contributed by atoms with Gasteiger partial charge in [-0.1, -0.05) is 23.7 Å². The molecule has 5 heteroatoms. The molecular weight excluding hydrogens is 283 g/mol. The van der Waals surface area contributed by atoms with Crippen molar-refractivity contribution in [1.82, 2.24) is 4.98 Å². The number of para-hydroxylation sites is 2. The molecule has 0 amide bonds. The predicted octanol–water partition coefficient (Wildman–Crippen LogP) is 4.25. The van der Waals surface area contributed by atoms with Gasteiger partial charge in [-0.25, -0.2) is 4.98 Å². The molecule has 0 aliphatic carbocycles. The number of aromatic nitrogens is 1. The zero-order chi connectivity index (χ0) is 13.8. The summed E-state index contributed by atoms with van der Waals surface area (Å²) >= 11 is 11.9. The second-order valence-electron chi connectivity index (χ2n) is 4.00. The Labute approximate surface area is 122 Å². The summed E-state index contributed by atoms with van der Waals surface area (Å²) in [7, 11) is 3.57. The summed E-state index contributed by atoms with van der Waals surface area (Å²) in [6.07, 6.45) is 1.61. The van der Waals surface area contributed by atoms with E-state index in [9.17, 15) is 0 Å². The predicted molar refractivity (Wildman–Crippen MR) is 79.9 cm³/mol. The van der Waals surface area contributed by atoms with E-state index in [1.807, 2.05) is 42.3 Å². The van der Waals surface area contributed by atoms with E-state index in [-0.39, 0.29) is 0 Å². The quantitative estimate of drug-likeness (QED) is 0.789. The van der Waals surface area contributed by atoms with Gasteiger partial charge in [0, 0.05) is 19.1 Å². The van der Waals surface area contributed by atoms with Crippen molar-refractivity contribution in [1.29, 1.82) is 0 Å². The monoisotopic (exact) mass is 296 g/mol. The van der Waals surface area contributed by atoms with E-state index < -0.39 is 0 Å². The van der Waals surface area contributed by atoms with Crippen LogP contribution in [0.15, 0.2) is 36.5 Å². The van der Waals surface area contributed by atoms with Gasteiger partial charge in [-0.05, 0) is 23.8 Å². The minimum Gasteiger partial charge on any atom is -0.495 e. The summed E-state index contributed by atoms with van der Waals surface area (Å²) in [6.45, 7) is 0. The van der Waals surface area contributed by atoms with E-state index in [0.29, 0.717) is 10.9 Å². The first-order chi connectivity index (χ1) is 9.17. The summed E-state index contributed by atoms with van der Waals surface area (Å²) < 4.78 is 5.35. The van der Waals surface area contributed by atoms with E-state index in [1.54, 1.807) is 13.3 Å². The maximum absolute atomic E-state index is 6.02. The number of hydrogen-bond acceptors (Lipinski definition) is 3. The third-order valence-electron chi connectivity index (χ3n) is 2.85. The third-order valence-corrected chi connectivity index (χ3v) is 3.48. The second-order valence-corrected chi connectivity index (χ2v) is 4.67. The Bertz CT molecular complexity index is 575. The summed E-state index contributed by atoms with van der Waals surface area (Å²) in [4.78, 5) is 6.25. The molecule has 2 rings (SSSR count). The van der Waals surface area contributed by atoms with Crippen LogP contribution in [-0.4, -0.2) is 19.1 Å². The number of benzene rings is 1. The van der Waals surface area contributed by atoms with Gasteiger partial charge in [0.1, 0.15) is 11.6 Å². The lowest BCUT2D eigenvalue weighted by molar-refractivity contribution is 0.415. The van der Waals surface area contributed by atoms with Crippen LogP contribution in [0, 0.1) is 0 Å². The molecule has 0 saturated carbocycles. The highest BCUT2D eigenvalue weighted by Crippen LogP contribution is 2.32. The molecule has 0 unspecified atom stereocenters. The molecular formula is C14H14Cl2N2O. The highest BCUT2D eigenvalue weighted by Gasteiger charge is 2.12. The first kappa shape index (κ1) is 14.0. The number of rotatable bonds is 4. The Balaban J connectivity index is 2.41. The number of hydrogen-bond donors (Lipinski definition) is 0. The van der Waals surface area contributed by atoms with Gasteiger partial charge in [0.15, 0.2) is 0 Å². The highest BCUT2D eigenvalue weighted by atomic mass is 35.5. The van der Waals surface area contributed by atoms with Crippen LogP contribution < -0.4 is 9.64 Å². The minimum atomic E-state index is 0.355. The average Bonchev–Trinajstić information content (AvgIpc) is 2.47. The summed E-state index contributed by atoms with van der Waals surface area (Å²) in [6, 6.07) is 9.63. The number of ether oxygens (including phenoxy) is 1. The van der Waals surface area contributed by atoms with Crippen molar-refractivity contribution < 1.29 is 4.74 Å². The van der Waals surface area contributed by atoms with Crippen LogP contribution in [0.25, 0.3) is 0 Å². The number of methoxy groups -OCH3 is 1. The molecule has 0 aliphatic rings. The van der Waals surface area contributed by atoms with Gasteiger partial charge in [0.05, 0.1) is 17.8 Å². The van der Waals surface area contributed by atoms with Crippen molar-refractivity contribution in [3.05, 3.63) is 47.1 Å². The van der Waals surface area contributed by atoms with E-state index in [4.69, 9.17) is 27.9 Å². The number of halogens is 2. The Morgan fingerprint density at radius 1 is 1.32 bits per heavy atom. The Kier molecular flexibility index (Phi) is 4.51. The maximum Gasteiger partial charge on any atom is 0.142 e. The van der Waals surface area contributed by atoms with E-state index >= 15 is 0 Å². The van der Waals surface area contributed by atoms with Crippen molar-refractivity contribution in [2.75, 3.05) is 19.1 Å². The number of alkyl halides is 1. The van der Waals surface area contributed by atoms with Gasteiger partial charge in [-0.15, -0.1) is 11.6 Å². The molecule has 1 aromatic heterocycles. The fourth-order valence-corrected chi connectivity index (χ4v) is 2.24. The summed E-state index contributed by atoms with van der Waals surface area (Å²) in [5, 5.41) is 0.576. The second kappa shape index (κ2) is 6.13. The van der Waals surface area contributed by atoms with E-state index in [1.165, 1.54) is 0 Å². The zero-order valence-electron chi connectivity index (χ0n) is 10.7. The van der Waals surface area contributed by atoms with E-state index in [2.05, 4.69) is 4.98 Å². The van der Waals surface area contributed by atoms with Crippen molar-refractivity contribution in [3.8, 4) is 5.75 Å². The molecule has 19 heavy (non-hydrogen) atoms. The molecule has 0 saturated heterocycles. The largest absolute Gasteiger partial charge is 0.495 e. The van der Waals surface area contributed by atoms with Gasteiger partial charge < -0.3 is 9.64 Å². The zero-order valence-corrected chi connectivity index (χ0v) is 12.2. The van der Waals surface area contributed by atoms with Crippen LogP contribution in [0.1, 0.15) is 5.56 Å². The first-order valence-electron chi connectivity index (χ1n) is 5.74. The topological polar surface area (TPSA) is 25.4 Å². The fourth-order valence-electron chi connectivity index (χ4n) is 1.78. The molecule has 2 aromatic rings. The van der Waals surface area contributed by atoms with Gasteiger partial charge in [-0.3, -0.25) is 0 Å². The lowest BCUT2D eigenvalue weighted by Crippen LogP contribution is -2.12. The number of pyridine rings is 1. The lowest BCUT2D eigenvalue weighted by atomic mass is 10.2. The molecule has 0 fully saturated rings. The summed E-state index contributed by atoms with van der Waals surface area (Å²) in [5.41, 5.74) is 1.79. The SMILES string of the molecule is COc1ccccc1N(C)c1cc(CCl)c(Cl)cn1. The molecule has 0 spiro atoms. The molecule has 0 radical (unpaired) electrons. The minimum absolute atomic E-state index is 0.355. The molecule has 1 aromatic carbocycles. The molecule has 100 valence electrons. The van der Waals surface area contributed by atoms with Gasteiger partial charge in [0.2, 0.25) is 0 Å². The Morgan fingerprint density at radius 3 is 2.74 bits per heavy atom. The fraction of sp³-hybridized carbons (Fsp3) is 0.214. The molecule has 1 heterocycles. The van der Waals surface area contributed by atoms with Gasteiger partial charge in [0.25, 0.3) is 0 Å². The molecule has 3 nitrogen and oxygen atoms in total. The van der Waals surface area contributed by atoms with Crippen LogP contribution in [0.3, 0.4) is 0 Å². The van der Waals surface area contributed by atoms with Crippen LogP contribution >= 0.6 is 23.2 Å². The molecule has 0 aliphatic heterocycles. The Morgan fingerprint density at radius 2 is 2.05 bits per heavy atom. The van der Waals surface area contributed by atoms with E-state index in [0.717, 1.165) is 22.8 Å². The number of nitrogens with zero attached hydrogens (tertiary/aromatic N) is 2. The highest BCUT2D eigenvalue weighted by molar-refractivity contribution is 6.32. The van der Waals surface area contributed by atoms with Crippen LogP contribution in [-0.2, 0) is 5.88 Å². The molecule has 0 N–H and O–H groups in total. The lowest BCUT2D eigenvalue weighted by Gasteiger charge is -2.21. The van der Waals surface area contributed by atoms with Crippen molar-refractivity contribution in [2.24, 2.45) is 0 Å². The number of anilines is 2. The molecule has 0 bridgehead atoms. The first-order valence-corrected chi connectivity index (χ1v) is 6.65. The van der Waals surface area contributed by atoms with Crippen molar-refractivity contribution in [3.63, 3.8) is 0 Å². The maximum atomic E-state index is 6.02. The van der Waals surface area contributed by atoms with Crippen LogP contribution in [0.2, 0.25) is 5.02 Å². The van der Waals surface area contributed by atoms with Crippen LogP contribution in [0.5, 0.6) is 5.75 Å². The summed E-state index contributed by atoms with van der Waals surface area (Å²) in [5.74, 6) is 1.91.